The molecule has 3 heteroatoms. The molecule has 3 nitrogen and oxygen atoms in total. The van der Waals surface area contributed by atoms with Crippen LogP contribution in [0.3, 0.4) is 0 Å². The molecule has 1 heterocycles. The highest BCUT2D eigenvalue weighted by atomic mass is 16.5. The Balaban J connectivity index is 1.93. The first kappa shape index (κ1) is 11.3. The molecule has 0 radical (unpaired) electrons. The van der Waals surface area contributed by atoms with E-state index in [-0.39, 0.29) is 0 Å². The van der Waals surface area contributed by atoms with Crippen molar-refractivity contribution in [2.24, 2.45) is 0 Å². The molecule has 0 aliphatic carbocycles. The smallest absolute Gasteiger partial charge is 0.120 e. The molecule has 2 rings (SSSR count). The topological polar surface area (TPSA) is 24.5 Å². The Morgan fingerprint density at radius 3 is 2.75 bits per heavy atom. The predicted molar refractivity (Wildman–Crippen MR) is 67.1 cm³/mol. The molecule has 1 saturated heterocycles. The largest absolute Gasteiger partial charge is 0.497 e. The third-order valence-corrected chi connectivity index (χ3v) is 3.16. The minimum absolute atomic E-state index is 0.600. The van der Waals surface area contributed by atoms with Gasteiger partial charge in [-0.2, -0.15) is 0 Å². The fourth-order valence-electron chi connectivity index (χ4n) is 2.10. The number of rotatable bonds is 3. The van der Waals surface area contributed by atoms with E-state index in [4.69, 9.17) is 4.74 Å². The predicted octanol–water partition coefficient (Wildman–Crippen LogP) is 2.20. The van der Waals surface area contributed by atoms with Crippen LogP contribution in [0.25, 0.3) is 0 Å². The quantitative estimate of drug-likeness (QED) is 0.845. The number of piperidine rings is 1. The maximum absolute atomic E-state index is 5.21. The van der Waals surface area contributed by atoms with Crippen LogP contribution in [0, 0.1) is 0 Å². The lowest BCUT2D eigenvalue weighted by molar-refractivity contribution is 0.264. The van der Waals surface area contributed by atoms with Gasteiger partial charge in [0.25, 0.3) is 0 Å². The van der Waals surface area contributed by atoms with Crippen LogP contribution in [-0.2, 0) is 0 Å². The van der Waals surface area contributed by atoms with Gasteiger partial charge >= 0.3 is 0 Å². The van der Waals surface area contributed by atoms with Crippen LogP contribution >= 0.6 is 0 Å². The van der Waals surface area contributed by atoms with Gasteiger partial charge in [0.15, 0.2) is 0 Å². The van der Waals surface area contributed by atoms with Gasteiger partial charge in [-0.05, 0) is 45.1 Å². The third-order valence-electron chi connectivity index (χ3n) is 3.16. The number of ether oxygens (including phenoxy) is 1. The molecule has 1 aliphatic rings. The Labute approximate surface area is 97.4 Å². The van der Waals surface area contributed by atoms with Gasteiger partial charge in [0.05, 0.1) is 7.11 Å². The number of anilines is 1. The second-order valence-corrected chi connectivity index (χ2v) is 4.45. The van der Waals surface area contributed by atoms with E-state index >= 15 is 0 Å². The normalized spacial score (nSPS) is 18.4. The maximum Gasteiger partial charge on any atom is 0.120 e. The van der Waals surface area contributed by atoms with Gasteiger partial charge in [-0.15, -0.1) is 0 Å². The monoisotopic (exact) mass is 220 g/mol. The van der Waals surface area contributed by atoms with Crippen LogP contribution in [0.4, 0.5) is 5.69 Å². The van der Waals surface area contributed by atoms with E-state index in [0.717, 1.165) is 11.4 Å². The van der Waals surface area contributed by atoms with E-state index in [1.54, 1.807) is 7.11 Å². The number of hydrogen-bond donors (Lipinski definition) is 1. The van der Waals surface area contributed by atoms with Crippen molar-refractivity contribution in [3.05, 3.63) is 24.3 Å². The summed E-state index contributed by atoms with van der Waals surface area (Å²) in [6.07, 6.45) is 2.43. The van der Waals surface area contributed by atoms with E-state index in [9.17, 15) is 0 Å². The first-order chi connectivity index (χ1) is 7.78. The van der Waals surface area contributed by atoms with E-state index in [1.165, 1.54) is 25.9 Å². The Hall–Kier alpha value is -1.22. The number of methoxy groups -OCH3 is 1. The number of likely N-dealkylation sites (tertiary alicyclic amines) is 1. The fraction of sp³-hybridized carbons (Fsp3) is 0.538. The summed E-state index contributed by atoms with van der Waals surface area (Å²) in [6, 6.07) is 8.75. The lowest BCUT2D eigenvalue weighted by atomic mass is 10.1. The minimum Gasteiger partial charge on any atom is -0.497 e. The second kappa shape index (κ2) is 5.21. The summed E-state index contributed by atoms with van der Waals surface area (Å²) in [6.45, 7) is 2.36. The van der Waals surface area contributed by atoms with Crippen molar-refractivity contribution in [2.45, 2.75) is 18.9 Å². The van der Waals surface area contributed by atoms with E-state index in [0.29, 0.717) is 6.04 Å². The minimum atomic E-state index is 0.600. The van der Waals surface area contributed by atoms with Crippen LogP contribution < -0.4 is 10.1 Å². The molecule has 16 heavy (non-hydrogen) atoms. The molecule has 1 N–H and O–H groups in total. The number of hydrogen-bond acceptors (Lipinski definition) is 3. The van der Waals surface area contributed by atoms with Gasteiger partial charge in [-0.3, -0.25) is 0 Å². The molecule has 1 aromatic rings. The van der Waals surface area contributed by atoms with Gasteiger partial charge < -0.3 is 15.0 Å². The Morgan fingerprint density at radius 1 is 1.31 bits per heavy atom. The molecule has 0 amide bonds. The summed E-state index contributed by atoms with van der Waals surface area (Å²) in [7, 11) is 3.89. The van der Waals surface area contributed by atoms with Crippen LogP contribution in [-0.4, -0.2) is 38.2 Å². The molecule has 1 aliphatic heterocycles. The molecule has 88 valence electrons. The Morgan fingerprint density at radius 2 is 2.06 bits per heavy atom. The van der Waals surface area contributed by atoms with Gasteiger partial charge in [0, 0.05) is 17.8 Å². The maximum atomic E-state index is 5.21. The van der Waals surface area contributed by atoms with Crippen molar-refractivity contribution >= 4 is 5.69 Å². The lowest BCUT2D eigenvalue weighted by Gasteiger charge is -2.30. The zero-order chi connectivity index (χ0) is 11.4. The zero-order valence-electron chi connectivity index (χ0n) is 10.1. The summed E-state index contributed by atoms with van der Waals surface area (Å²) in [4.78, 5) is 2.38. The lowest BCUT2D eigenvalue weighted by Crippen LogP contribution is -2.36. The summed E-state index contributed by atoms with van der Waals surface area (Å²) >= 11 is 0. The molecule has 1 aromatic carbocycles. The van der Waals surface area contributed by atoms with Gasteiger partial charge in [-0.1, -0.05) is 6.07 Å². The van der Waals surface area contributed by atoms with Crippen LogP contribution in [0.1, 0.15) is 12.8 Å². The van der Waals surface area contributed by atoms with Crippen LogP contribution in [0.2, 0.25) is 0 Å². The van der Waals surface area contributed by atoms with E-state index in [1.807, 2.05) is 12.1 Å². The first-order valence-electron chi connectivity index (χ1n) is 5.87. The van der Waals surface area contributed by atoms with Gasteiger partial charge in [0.1, 0.15) is 5.75 Å². The van der Waals surface area contributed by atoms with Gasteiger partial charge in [0.2, 0.25) is 0 Å². The molecule has 0 atom stereocenters. The van der Waals surface area contributed by atoms with Crippen molar-refractivity contribution < 1.29 is 4.74 Å². The second-order valence-electron chi connectivity index (χ2n) is 4.45. The highest BCUT2D eigenvalue weighted by molar-refractivity contribution is 5.48. The Bertz CT molecular complexity index is 332. The Kier molecular flexibility index (Phi) is 3.67. The number of benzene rings is 1. The van der Waals surface area contributed by atoms with Gasteiger partial charge in [-0.25, -0.2) is 0 Å². The van der Waals surface area contributed by atoms with Crippen molar-refractivity contribution in [3.8, 4) is 5.75 Å². The molecule has 0 saturated carbocycles. The molecule has 0 spiro atoms. The molecular formula is C13H20N2O. The van der Waals surface area contributed by atoms with Crippen molar-refractivity contribution in [1.82, 2.24) is 4.90 Å². The molecule has 0 bridgehead atoms. The van der Waals surface area contributed by atoms with E-state index in [2.05, 4.69) is 29.4 Å². The average Bonchev–Trinajstić information content (AvgIpc) is 2.32. The third kappa shape index (κ3) is 2.89. The molecular weight excluding hydrogens is 200 g/mol. The summed E-state index contributed by atoms with van der Waals surface area (Å²) in [5, 5.41) is 3.57. The number of nitrogens with zero attached hydrogens (tertiary/aromatic N) is 1. The SMILES string of the molecule is COc1cccc(NC2CCN(C)CC2)c1. The molecule has 0 unspecified atom stereocenters. The number of nitrogens with one attached hydrogen (secondary N) is 1. The highest BCUT2D eigenvalue weighted by Gasteiger charge is 2.16. The zero-order valence-corrected chi connectivity index (χ0v) is 10.1. The molecule has 0 aromatic heterocycles. The van der Waals surface area contributed by atoms with Crippen molar-refractivity contribution in [2.75, 3.05) is 32.6 Å². The molecule has 1 fully saturated rings. The fourth-order valence-corrected chi connectivity index (χ4v) is 2.10. The standard InChI is InChI=1S/C13H20N2O/c1-15-8-6-11(7-9-15)14-12-4-3-5-13(10-12)16-2/h3-5,10-11,14H,6-9H2,1-2H3. The first-order valence-corrected chi connectivity index (χ1v) is 5.87. The van der Waals surface area contributed by atoms with Crippen molar-refractivity contribution in [1.29, 1.82) is 0 Å². The van der Waals surface area contributed by atoms with Crippen LogP contribution in [0.5, 0.6) is 5.75 Å². The van der Waals surface area contributed by atoms with E-state index < -0.39 is 0 Å². The van der Waals surface area contributed by atoms with Crippen LogP contribution in [0.15, 0.2) is 24.3 Å². The summed E-state index contributed by atoms with van der Waals surface area (Å²) in [5.74, 6) is 0.915. The summed E-state index contributed by atoms with van der Waals surface area (Å²) in [5.41, 5.74) is 1.16. The summed E-state index contributed by atoms with van der Waals surface area (Å²) < 4.78 is 5.21. The highest BCUT2D eigenvalue weighted by Crippen LogP contribution is 2.20. The average molecular weight is 220 g/mol. The van der Waals surface area contributed by atoms with Crippen molar-refractivity contribution in [3.63, 3.8) is 0 Å².